The van der Waals surface area contributed by atoms with Crippen LogP contribution in [0.25, 0.3) is 0 Å². The number of amides is 1. The first-order chi connectivity index (χ1) is 8.28. The Kier molecular flexibility index (Phi) is 4.72. The average molecular weight is 268 g/mol. The molecule has 1 amide bonds. The Hall–Kier alpha value is -1.56. The smallest absolute Gasteiger partial charge is 0.269 e. The van der Waals surface area contributed by atoms with Gasteiger partial charge in [0.1, 0.15) is 0 Å². The Bertz CT molecular complexity index is 438. The highest BCUT2D eigenvalue weighted by Gasteiger charge is 2.13. The van der Waals surface area contributed by atoms with Crippen molar-refractivity contribution in [3.05, 3.63) is 34.4 Å². The summed E-state index contributed by atoms with van der Waals surface area (Å²) in [7, 11) is 0. The van der Waals surface area contributed by atoms with Crippen LogP contribution in [0.15, 0.2) is 24.3 Å². The van der Waals surface area contributed by atoms with Crippen molar-refractivity contribution in [1.82, 2.24) is 0 Å². The molecule has 0 aliphatic rings. The third-order valence-corrected chi connectivity index (χ3v) is 3.27. The highest BCUT2D eigenvalue weighted by molar-refractivity contribution is 8.01. The molecule has 98 valence electrons. The third-order valence-electron chi connectivity index (χ3n) is 2.00. The Morgan fingerprint density at radius 2 is 1.89 bits per heavy atom. The van der Waals surface area contributed by atoms with E-state index in [1.54, 1.807) is 11.8 Å². The maximum Gasteiger partial charge on any atom is 0.269 e. The molecule has 18 heavy (non-hydrogen) atoms. The number of nitro benzene ring substituents is 1. The number of hydrogen-bond donors (Lipinski definition) is 1. The van der Waals surface area contributed by atoms with Gasteiger partial charge in [0, 0.05) is 22.6 Å². The van der Waals surface area contributed by atoms with E-state index in [2.05, 4.69) is 5.32 Å². The lowest BCUT2D eigenvalue weighted by Crippen LogP contribution is -2.18. The lowest BCUT2D eigenvalue weighted by atomic mass is 10.3. The highest BCUT2D eigenvalue weighted by Crippen LogP contribution is 2.23. The molecule has 0 saturated heterocycles. The Balaban J connectivity index is 2.52. The predicted octanol–water partition coefficient (Wildman–Crippen LogP) is 3.07. The van der Waals surface area contributed by atoms with Crippen LogP contribution in [-0.2, 0) is 4.79 Å². The van der Waals surface area contributed by atoms with Gasteiger partial charge in [0.2, 0.25) is 5.91 Å². The molecule has 0 fully saturated rings. The van der Waals surface area contributed by atoms with E-state index < -0.39 is 4.92 Å². The maximum atomic E-state index is 11.6. The summed E-state index contributed by atoms with van der Waals surface area (Å²) in [6.45, 7) is 6.12. The fraction of sp³-hybridized carbons (Fsp3) is 0.417. The Morgan fingerprint density at radius 1 is 1.33 bits per heavy atom. The molecule has 0 heterocycles. The molecule has 0 bridgehead atoms. The van der Waals surface area contributed by atoms with E-state index in [-0.39, 0.29) is 16.3 Å². The minimum atomic E-state index is -0.471. The first kappa shape index (κ1) is 14.5. The van der Waals surface area contributed by atoms with Gasteiger partial charge in [-0.15, -0.1) is 11.8 Å². The molecule has 0 unspecified atom stereocenters. The number of non-ortho nitro benzene ring substituents is 1. The number of anilines is 1. The van der Waals surface area contributed by atoms with Gasteiger partial charge >= 0.3 is 0 Å². The molecule has 5 nitrogen and oxygen atoms in total. The fourth-order valence-electron chi connectivity index (χ4n) is 1.15. The molecule has 0 saturated carbocycles. The second kappa shape index (κ2) is 5.86. The van der Waals surface area contributed by atoms with E-state index in [0.717, 1.165) is 0 Å². The second-order valence-corrected chi connectivity index (χ2v) is 6.56. The number of carbonyl (C=O) groups excluding carboxylic acids is 1. The summed E-state index contributed by atoms with van der Waals surface area (Å²) in [5.41, 5.74) is 0.581. The van der Waals surface area contributed by atoms with Crippen LogP contribution in [0.3, 0.4) is 0 Å². The number of rotatable bonds is 4. The number of carbonyl (C=O) groups is 1. The lowest BCUT2D eigenvalue weighted by Gasteiger charge is -2.16. The minimum absolute atomic E-state index is 0.0112. The summed E-state index contributed by atoms with van der Waals surface area (Å²) in [6, 6.07) is 5.79. The van der Waals surface area contributed by atoms with E-state index in [9.17, 15) is 14.9 Å². The van der Waals surface area contributed by atoms with Crippen molar-refractivity contribution in [3.8, 4) is 0 Å². The molecule has 0 spiro atoms. The van der Waals surface area contributed by atoms with Gasteiger partial charge in [-0.25, -0.2) is 0 Å². The Labute approximate surface area is 110 Å². The number of nitro groups is 1. The molecule has 0 aliphatic carbocycles. The van der Waals surface area contributed by atoms with Gasteiger partial charge in [-0.3, -0.25) is 14.9 Å². The van der Waals surface area contributed by atoms with Crippen molar-refractivity contribution in [2.24, 2.45) is 0 Å². The molecule has 1 aromatic rings. The van der Waals surface area contributed by atoms with Gasteiger partial charge < -0.3 is 5.32 Å². The fourth-order valence-corrected chi connectivity index (χ4v) is 1.78. The van der Waals surface area contributed by atoms with Crippen molar-refractivity contribution in [2.75, 3.05) is 11.1 Å². The first-order valence-electron chi connectivity index (χ1n) is 5.46. The molecule has 1 aromatic carbocycles. The van der Waals surface area contributed by atoms with E-state index >= 15 is 0 Å². The Morgan fingerprint density at radius 3 is 2.33 bits per heavy atom. The van der Waals surface area contributed by atoms with E-state index in [1.807, 2.05) is 20.8 Å². The van der Waals surface area contributed by atoms with Crippen molar-refractivity contribution in [1.29, 1.82) is 0 Å². The minimum Gasteiger partial charge on any atom is -0.325 e. The van der Waals surface area contributed by atoms with Crippen LogP contribution in [0.5, 0.6) is 0 Å². The summed E-state index contributed by atoms with van der Waals surface area (Å²) in [5, 5.41) is 13.2. The SMILES string of the molecule is CC(C)(C)SCC(=O)Nc1ccc([N+](=O)[O-])cc1. The zero-order valence-corrected chi connectivity index (χ0v) is 11.4. The average Bonchev–Trinajstić information content (AvgIpc) is 2.26. The van der Waals surface area contributed by atoms with Crippen molar-refractivity contribution in [2.45, 2.75) is 25.5 Å². The van der Waals surface area contributed by atoms with Crippen molar-refractivity contribution < 1.29 is 9.72 Å². The summed E-state index contributed by atoms with van der Waals surface area (Å²) < 4.78 is 0.0345. The van der Waals surface area contributed by atoms with Gasteiger partial charge in [0.15, 0.2) is 0 Å². The van der Waals surface area contributed by atoms with E-state index in [0.29, 0.717) is 11.4 Å². The molecule has 0 aromatic heterocycles. The van der Waals surface area contributed by atoms with Crippen molar-refractivity contribution in [3.63, 3.8) is 0 Å². The largest absolute Gasteiger partial charge is 0.325 e. The van der Waals surface area contributed by atoms with Crippen LogP contribution < -0.4 is 5.32 Å². The van der Waals surface area contributed by atoms with Crippen LogP contribution in [0.2, 0.25) is 0 Å². The van der Waals surface area contributed by atoms with Gasteiger partial charge in [0.25, 0.3) is 5.69 Å². The zero-order valence-electron chi connectivity index (χ0n) is 10.6. The lowest BCUT2D eigenvalue weighted by molar-refractivity contribution is -0.384. The molecule has 0 atom stereocenters. The molecule has 6 heteroatoms. The molecule has 1 rings (SSSR count). The maximum absolute atomic E-state index is 11.6. The normalized spacial score (nSPS) is 11.1. The monoisotopic (exact) mass is 268 g/mol. The van der Waals surface area contributed by atoms with Gasteiger partial charge in [-0.1, -0.05) is 20.8 Å². The van der Waals surface area contributed by atoms with Gasteiger partial charge in [0.05, 0.1) is 10.7 Å². The summed E-state index contributed by atoms with van der Waals surface area (Å²) in [6.07, 6.45) is 0. The zero-order chi connectivity index (χ0) is 13.8. The predicted molar refractivity (Wildman–Crippen MR) is 73.9 cm³/mol. The quantitative estimate of drug-likeness (QED) is 0.673. The molecule has 0 radical (unpaired) electrons. The van der Waals surface area contributed by atoms with Crippen LogP contribution >= 0.6 is 11.8 Å². The van der Waals surface area contributed by atoms with Crippen LogP contribution in [0, 0.1) is 10.1 Å². The summed E-state index contributed by atoms with van der Waals surface area (Å²) in [5.74, 6) is 0.254. The van der Waals surface area contributed by atoms with Crippen molar-refractivity contribution >= 4 is 29.0 Å². The number of thioether (sulfide) groups is 1. The van der Waals surface area contributed by atoms with E-state index in [1.165, 1.54) is 24.3 Å². The van der Waals surface area contributed by atoms with E-state index in [4.69, 9.17) is 0 Å². The highest BCUT2D eigenvalue weighted by atomic mass is 32.2. The first-order valence-corrected chi connectivity index (χ1v) is 6.45. The number of nitrogens with zero attached hydrogens (tertiary/aromatic N) is 1. The molecular formula is C12H16N2O3S. The number of benzene rings is 1. The number of hydrogen-bond acceptors (Lipinski definition) is 4. The molecule has 0 aliphatic heterocycles. The van der Waals surface area contributed by atoms with Gasteiger partial charge in [-0.2, -0.15) is 0 Å². The molecular weight excluding hydrogens is 252 g/mol. The topological polar surface area (TPSA) is 72.2 Å². The van der Waals surface area contributed by atoms with Crippen LogP contribution in [-0.4, -0.2) is 21.3 Å². The second-order valence-electron chi connectivity index (χ2n) is 4.75. The van der Waals surface area contributed by atoms with Gasteiger partial charge in [-0.05, 0) is 12.1 Å². The van der Waals surface area contributed by atoms with Crippen LogP contribution in [0.4, 0.5) is 11.4 Å². The standard InChI is InChI=1S/C12H16N2O3S/c1-12(2,3)18-8-11(15)13-9-4-6-10(7-5-9)14(16)17/h4-7H,8H2,1-3H3,(H,13,15). The number of nitrogens with one attached hydrogen (secondary N) is 1. The molecule has 1 N–H and O–H groups in total. The third kappa shape index (κ3) is 5.18. The summed E-state index contributed by atoms with van der Waals surface area (Å²) >= 11 is 1.55. The van der Waals surface area contributed by atoms with Crippen LogP contribution in [0.1, 0.15) is 20.8 Å². The summed E-state index contributed by atoms with van der Waals surface area (Å²) in [4.78, 5) is 21.6.